The van der Waals surface area contributed by atoms with E-state index in [0.717, 1.165) is 12.8 Å². The third kappa shape index (κ3) is 3.90. The zero-order chi connectivity index (χ0) is 15.9. The van der Waals surface area contributed by atoms with E-state index in [2.05, 4.69) is 0 Å². The second-order valence-corrected chi connectivity index (χ2v) is 5.14. The summed E-state index contributed by atoms with van der Waals surface area (Å²) in [4.78, 5) is 25.5. The lowest BCUT2D eigenvalue weighted by Crippen LogP contribution is -2.44. The Morgan fingerprint density at radius 3 is 2.64 bits per heavy atom. The van der Waals surface area contributed by atoms with Gasteiger partial charge in [-0.1, -0.05) is 12.1 Å². The number of carbonyl (C=O) groups is 2. The van der Waals surface area contributed by atoms with E-state index in [1.54, 1.807) is 24.1 Å². The van der Waals surface area contributed by atoms with Gasteiger partial charge in [0.1, 0.15) is 0 Å². The molecule has 1 amide bonds. The monoisotopic (exact) mass is 307 g/mol. The first-order valence-electron chi connectivity index (χ1n) is 7.27. The van der Waals surface area contributed by atoms with Crippen molar-refractivity contribution in [2.75, 3.05) is 33.9 Å². The number of hydrogen-bond donors (Lipinski definition) is 0. The van der Waals surface area contributed by atoms with Crippen LogP contribution in [0.4, 0.5) is 0 Å². The summed E-state index contributed by atoms with van der Waals surface area (Å²) in [5.41, 5.74) is 0. The van der Waals surface area contributed by atoms with Gasteiger partial charge in [0, 0.05) is 13.1 Å². The predicted octanol–water partition coefficient (Wildman–Crippen LogP) is 1.49. The molecule has 0 spiro atoms. The van der Waals surface area contributed by atoms with Crippen LogP contribution in [0.3, 0.4) is 0 Å². The van der Waals surface area contributed by atoms with Gasteiger partial charge in [0.05, 0.1) is 20.1 Å². The molecule has 1 aliphatic heterocycles. The Hall–Kier alpha value is -2.24. The molecule has 6 heteroatoms. The van der Waals surface area contributed by atoms with E-state index in [1.165, 1.54) is 7.11 Å². The third-order valence-electron chi connectivity index (χ3n) is 3.73. The molecule has 1 aromatic carbocycles. The van der Waals surface area contributed by atoms with E-state index in [4.69, 9.17) is 14.2 Å². The number of carbonyl (C=O) groups excluding carboxylic acids is 2. The molecule has 1 heterocycles. The maximum absolute atomic E-state index is 12.2. The summed E-state index contributed by atoms with van der Waals surface area (Å²) in [6.07, 6.45) is 1.55. The van der Waals surface area contributed by atoms with Crippen molar-refractivity contribution in [3.63, 3.8) is 0 Å². The number of benzene rings is 1. The first-order chi connectivity index (χ1) is 10.7. The van der Waals surface area contributed by atoms with Crippen LogP contribution in [0, 0.1) is 5.92 Å². The van der Waals surface area contributed by atoms with Crippen LogP contribution in [0.15, 0.2) is 24.3 Å². The molecule has 0 N–H and O–H groups in total. The van der Waals surface area contributed by atoms with Crippen LogP contribution >= 0.6 is 0 Å². The highest BCUT2D eigenvalue weighted by Crippen LogP contribution is 2.26. The summed E-state index contributed by atoms with van der Waals surface area (Å²) in [7, 11) is 2.92. The fourth-order valence-electron chi connectivity index (χ4n) is 2.53. The number of ether oxygens (including phenoxy) is 3. The molecule has 0 bridgehead atoms. The normalized spacial score (nSPS) is 17.7. The molecule has 6 nitrogen and oxygen atoms in total. The summed E-state index contributed by atoms with van der Waals surface area (Å²) in [6, 6.07) is 7.17. The van der Waals surface area contributed by atoms with Gasteiger partial charge in [0.15, 0.2) is 18.1 Å². The average Bonchev–Trinajstić information content (AvgIpc) is 2.59. The molecule has 0 aromatic heterocycles. The van der Waals surface area contributed by atoms with Gasteiger partial charge >= 0.3 is 5.97 Å². The molecule has 22 heavy (non-hydrogen) atoms. The van der Waals surface area contributed by atoms with E-state index in [9.17, 15) is 9.59 Å². The second kappa shape index (κ2) is 7.68. The van der Waals surface area contributed by atoms with Gasteiger partial charge in [0.25, 0.3) is 5.91 Å². The van der Waals surface area contributed by atoms with Gasteiger partial charge in [-0.05, 0) is 25.0 Å². The largest absolute Gasteiger partial charge is 0.493 e. The number of para-hydroxylation sites is 2. The van der Waals surface area contributed by atoms with E-state index >= 15 is 0 Å². The van der Waals surface area contributed by atoms with Crippen molar-refractivity contribution < 1.29 is 23.8 Å². The lowest BCUT2D eigenvalue weighted by atomic mass is 9.98. The van der Waals surface area contributed by atoms with Crippen molar-refractivity contribution in [2.24, 2.45) is 5.92 Å². The van der Waals surface area contributed by atoms with Crippen LogP contribution in [0.2, 0.25) is 0 Å². The van der Waals surface area contributed by atoms with Crippen LogP contribution in [-0.2, 0) is 14.3 Å². The minimum absolute atomic E-state index is 0.0751. The molecule has 1 aromatic rings. The van der Waals surface area contributed by atoms with Crippen LogP contribution in [0.1, 0.15) is 12.8 Å². The molecule has 120 valence electrons. The summed E-state index contributed by atoms with van der Waals surface area (Å²) >= 11 is 0. The molecule has 2 rings (SSSR count). The highest BCUT2D eigenvalue weighted by molar-refractivity contribution is 5.79. The van der Waals surface area contributed by atoms with E-state index in [1.807, 2.05) is 12.1 Å². The SMILES string of the molecule is COC(=O)C1CCCN(C(=O)COc2ccccc2OC)C1. The van der Waals surface area contributed by atoms with Gasteiger partial charge in [0.2, 0.25) is 0 Å². The van der Waals surface area contributed by atoms with Crippen molar-refractivity contribution in [3.05, 3.63) is 24.3 Å². The van der Waals surface area contributed by atoms with Gasteiger partial charge < -0.3 is 19.1 Å². The molecule has 1 unspecified atom stereocenters. The summed E-state index contributed by atoms with van der Waals surface area (Å²) in [6.45, 7) is 0.955. The van der Waals surface area contributed by atoms with Gasteiger partial charge in [-0.3, -0.25) is 9.59 Å². The van der Waals surface area contributed by atoms with Gasteiger partial charge in [-0.25, -0.2) is 0 Å². The predicted molar refractivity (Wildman–Crippen MR) is 79.8 cm³/mol. The van der Waals surface area contributed by atoms with Crippen LogP contribution in [-0.4, -0.2) is 50.7 Å². The number of nitrogens with zero attached hydrogens (tertiary/aromatic N) is 1. The van der Waals surface area contributed by atoms with Crippen molar-refractivity contribution in [1.29, 1.82) is 0 Å². The number of esters is 1. The average molecular weight is 307 g/mol. The van der Waals surface area contributed by atoms with Crippen LogP contribution < -0.4 is 9.47 Å². The first kappa shape index (κ1) is 16.1. The van der Waals surface area contributed by atoms with E-state index in [0.29, 0.717) is 24.6 Å². The smallest absolute Gasteiger partial charge is 0.310 e. The first-order valence-corrected chi connectivity index (χ1v) is 7.27. The second-order valence-electron chi connectivity index (χ2n) is 5.14. The summed E-state index contributed by atoms with van der Waals surface area (Å²) in [5.74, 6) is 0.470. The van der Waals surface area contributed by atoms with Crippen LogP contribution in [0.5, 0.6) is 11.5 Å². The number of piperidine rings is 1. The number of likely N-dealkylation sites (tertiary alicyclic amines) is 1. The minimum atomic E-state index is -0.261. The highest BCUT2D eigenvalue weighted by Gasteiger charge is 2.29. The number of hydrogen-bond acceptors (Lipinski definition) is 5. The maximum Gasteiger partial charge on any atom is 0.310 e. The van der Waals surface area contributed by atoms with Gasteiger partial charge in [-0.2, -0.15) is 0 Å². The highest BCUT2D eigenvalue weighted by atomic mass is 16.5. The van der Waals surface area contributed by atoms with Crippen molar-refractivity contribution in [1.82, 2.24) is 4.90 Å². The summed E-state index contributed by atoms with van der Waals surface area (Å²) < 4.78 is 15.5. The van der Waals surface area contributed by atoms with Gasteiger partial charge in [-0.15, -0.1) is 0 Å². The molecular formula is C16H21NO5. The fourth-order valence-corrected chi connectivity index (χ4v) is 2.53. The Labute approximate surface area is 129 Å². The zero-order valence-electron chi connectivity index (χ0n) is 12.9. The molecule has 1 saturated heterocycles. The molecule has 0 saturated carbocycles. The minimum Gasteiger partial charge on any atom is -0.493 e. The number of amides is 1. The Morgan fingerprint density at radius 1 is 1.23 bits per heavy atom. The zero-order valence-corrected chi connectivity index (χ0v) is 12.9. The molecule has 0 aliphatic carbocycles. The quantitative estimate of drug-likeness (QED) is 0.771. The molecular weight excluding hydrogens is 286 g/mol. The standard InChI is InChI=1S/C16H21NO5/c1-20-13-7-3-4-8-14(13)22-11-15(18)17-9-5-6-12(10-17)16(19)21-2/h3-4,7-8,12H,5-6,9-11H2,1-2H3. The third-order valence-corrected chi connectivity index (χ3v) is 3.73. The molecule has 1 aliphatic rings. The Balaban J connectivity index is 1.90. The number of methoxy groups -OCH3 is 2. The Bertz CT molecular complexity index is 531. The van der Waals surface area contributed by atoms with Crippen molar-refractivity contribution in [2.45, 2.75) is 12.8 Å². The lowest BCUT2D eigenvalue weighted by Gasteiger charge is -2.31. The Morgan fingerprint density at radius 2 is 1.95 bits per heavy atom. The topological polar surface area (TPSA) is 65.1 Å². The molecule has 0 radical (unpaired) electrons. The Kier molecular flexibility index (Phi) is 5.63. The number of rotatable bonds is 5. The summed E-state index contributed by atoms with van der Waals surface area (Å²) in [5, 5.41) is 0. The van der Waals surface area contributed by atoms with Crippen molar-refractivity contribution in [3.8, 4) is 11.5 Å². The fraction of sp³-hybridized carbons (Fsp3) is 0.500. The maximum atomic E-state index is 12.2. The van der Waals surface area contributed by atoms with Crippen LogP contribution in [0.25, 0.3) is 0 Å². The van der Waals surface area contributed by atoms with E-state index in [-0.39, 0.29) is 24.4 Å². The lowest BCUT2D eigenvalue weighted by molar-refractivity contribution is -0.149. The molecule has 1 fully saturated rings. The van der Waals surface area contributed by atoms with E-state index < -0.39 is 0 Å². The molecule has 1 atom stereocenters. The van der Waals surface area contributed by atoms with Crippen molar-refractivity contribution >= 4 is 11.9 Å².